The normalized spacial score (nSPS) is 13.5. The number of aromatic nitrogens is 4. The Balaban J connectivity index is 0.00000231. The van der Waals surface area contributed by atoms with E-state index in [0.717, 1.165) is 48.9 Å². The Kier molecular flexibility index (Phi) is 6.45. The summed E-state index contributed by atoms with van der Waals surface area (Å²) in [5.41, 5.74) is 5.13. The van der Waals surface area contributed by atoms with Crippen LogP contribution < -0.4 is 10.2 Å². The zero-order valence-electron chi connectivity index (χ0n) is 16.9. The van der Waals surface area contributed by atoms with Crippen molar-refractivity contribution in [2.45, 2.75) is 0 Å². The van der Waals surface area contributed by atoms with Crippen LogP contribution in [0.4, 0.5) is 17.3 Å². The number of halogens is 1. The van der Waals surface area contributed by atoms with Crippen molar-refractivity contribution in [2.75, 3.05) is 36.5 Å². The number of benzene rings is 2. The summed E-state index contributed by atoms with van der Waals surface area (Å²) in [6, 6.07) is 18.5. The first kappa shape index (κ1) is 20.8. The van der Waals surface area contributed by atoms with Crippen LogP contribution in [-0.4, -0.2) is 45.8 Å². The van der Waals surface area contributed by atoms with Crippen molar-refractivity contribution in [3.8, 4) is 16.9 Å². The van der Waals surface area contributed by atoms with Crippen LogP contribution in [0.5, 0.6) is 0 Å². The molecule has 5 rings (SSSR count). The molecule has 0 aliphatic carbocycles. The minimum Gasteiger partial charge on any atom is -0.378 e. The van der Waals surface area contributed by atoms with Gasteiger partial charge in [0.25, 0.3) is 0 Å². The molecule has 1 saturated heterocycles. The second-order valence-electron chi connectivity index (χ2n) is 7.06. The third-order valence-corrected chi connectivity index (χ3v) is 5.10. The summed E-state index contributed by atoms with van der Waals surface area (Å²) in [5.74, 6) is 0.569. The second kappa shape index (κ2) is 9.59. The molecule has 0 saturated carbocycles. The number of imidazole rings is 1. The lowest BCUT2D eigenvalue weighted by Crippen LogP contribution is -2.36. The van der Waals surface area contributed by atoms with Gasteiger partial charge >= 0.3 is 0 Å². The fraction of sp³-hybridized carbons (Fsp3) is 0.174. The van der Waals surface area contributed by atoms with Crippen LogP contribution >= 0.6 is 12.4 Å². The van der Waals surface area contributed by atoms with E-state index in [9.17, 15) is 0 Å². The zero-order valence-corrected chi connectivity index (χ0v) is 17.7. The van der Waals surface area contributed by atoms with Gasteiger partial charge in [0, 0.05) is 54.3 Å². The van der Waals surface area contributed by atoms with Crippen LogP contribution in [0.3, 0.4) is 0 Å². The van der Waals surface area contributed by atoms with Crippen LogP contribution in [0, 0.1) is 0 Å². The Morgan fingerprint density at radius 2 is 1.74 bits per heavy atom. The molecular formula is C23H23ClN6O. The van der Waals surface area contributed by atoms with Crippen LogP contribution in [0.15, 0.2) is 79.5 Å². The molecule has 2 aromatic heterocycles. The molecule has 1 N–H and O–H groups in total. The first-order valence-electron chi connectivity index (χ1n) is 9.97. The van der Waals surface area contributed by atoms with Crippen molar-refractivity contribution in [2.24, 2.45) is 0 Å². The van der Waals surface area contributed by atoms with Crippen molar-refractivity contribution in [1.29, 1.82) is 0 Å². The Morgan fingerprint density at radius 3 is 2.52 bits per heavy atom. The van der Waals surface area contributed by atoms with Crippen molar-refractivity contribution >= 4 is 29.7 Å². The van der Waals surface area contributed by atoms with Crippen molar-refractivity contribution < 1.29 is 4.74 Å². The van der Waals surface area contributed by atoms with Gasteiger partial charge in [-0.15, -0.1) is 12.4 Å². The molecule has 8 heteroatoms. The first-order chi connectivity index (χ1) is 14.8. The minimum absolute atomic E-state index is 0. The van der Waals surface area contributed by atoms with E-state index in [1.807, 2.05) is 41.1 Å². The summed E-state index contributed by atoms with van der Waals surface area (Å²) < 4.78 is 7.42. The summed E-state index contributed by atoms with van der Waals surface area (Å²) in [6.07, 6.45) is 7.24. The molecule has 1 aliphatic heterocycles. The van der Waals surface area contributed by atoms with Gasteiger partial charge < -0.3 is 19.5 Å². The molecule has 0 amide bonds. The van der Waals surface area contributed by atoms with Gasteiger partial charge in [-0.2, -0.15) is 0 Å². The van der Waals surface area contributed by atoms with Gasteiger partial charge in [-0.25, -0.2) is 15.0 Å². The molecule has 2 aromatic carbocycles. The zero-order chi connectivity index (χ0) is 20.2. The van der Waals surface area contributed by atoms with E-state index < -0.39 is 0 Å². The van der Waals surface area contributed by atoms with Gasteiger partial charge in [0.15, 0.2) is 0 Å². The standard InChI is InChI=1S/C23H22N6O.ClH/c1-2-18(16-21(3-1)28-12-14-30-15-13-28)22-8-9-25-23(27-22)26-19-4-6-20(7-5-19)29-11-10-24-17-29;/h1-11,16-17H,12-15H2,(H,25,26,27);1H. The smallest absolute Gasteiger partial charge is 0.227 e. The minimum atomic E-state index is 0. The molecule has 0 atom stereocenters. The quantitative estimate of drug-likeness (QED) is 0.504. The lowest BCUT2D eigenvalue weighted by Gasteiger charge is -2.29. The van der Waals surface area contributed by atoms with Crippen LogP contribution in [-0.2, 0) is 4.74 Å². The summed E-state index contributed by atoms with van der Waals surface area (Å²) in [7, 11) is 0. The van der Waals surface area contributed by atoms with Gasteiger partial charge in [-0.1, -0.05) is 12.1 Å². The van der Waals surface area contributed by atoms with Gasteiger partial charge in [0.2, 0.25) is 5.95 Å². The highest BCUT2D eigenvalue weighted by Gasteiger charge is 2.12. The van der Waals surface area contributed by atoms with E-state index in [2.05, 4.69) is 44.5 Å². The Labute approximate surface area is 187 Å². The molecule has 1 fully saturated rings. The fourth-order valence-corrected chi connectivity index (χ4v) is 3.52. The number of hydrogen-bond acceptors (Lipinski definition) is 6. The summed E-state index contributed by atoms with van der Waals surface area (Å²) in [4.78, 5) is 15.5. The van der Waals surface area contributed by atoms with E-state index in [1.54, 1.807) is 18.7 Å². The molecule has 158 valence electrons. The van der Waals surface area contributed by atoms with Gasteiger partial charge in [0.05, 0.1) is 25.2 Å². The largest absolute Gasteiger partial charge is 0.378 e. The number of hydrogen-bond donors (Lipinski definition) is 1. The van der Waals surface area contributed by atoms with Gasteiger partial charge in [-0.05, 0) is 42.5 Å². The maximum absolute atomic E-state index is 5.46. The monoisotopic (exact) mass is 434 g/mol. The summed E-state index contributed by atoms with van der Waals surface area (Å²) in [5, 5.41) is 3.29. The Morgan fingerprint density at radius 1 is 0.903 bits per heavy atom. The lowest BCUT2D eigenvalue weighted by atomic mass is 10.1. The SMILES string of the molecule is Cl.c1cc(-c2ccnc(Nc3ccc(-n4ccnc4)cc3)n2)cc(N2CCOCC2)c1. The molecule has 0 spiro atoms. The lowest BCUT2D eigenvalue weighted by molar-refractivity contribution is 0.122. The molecule has 1 aliphatic rings. The van der Waals surface area contributed by atoms with Gasteiger partial charge in [0.1, 0.15) is 0 Å². The molecule has 0 bridgehead atoms. The van der Waals surface area contributed by atoms with Gasteiger partial charge in [-0.3, -0.25) is 0 Å². The molecule has 0 unspecified atom stereocenters. The summed E-state index contributed by atoms with van der Waals surface area (Å²) >= 11 is 0. The van der Waals surface area contributed by atoms with E-state index >= 15 is 0 Å². The molecule has 4 aromatic rings. The molecule has 31 heavy (non-hydrogen) atoms. The van der Waals surface area contributed by atoms with Crippen molar-refractivity contribution in [1.82, 2.24) is 19.5 Å². The van der Waals surface area contributed by atoms with Crippen molar-refractivity contribution in [3.05, 3.63) is 79.5 Å². The Bertz CT molecular complexity index is 1110. The second-order valence-corrected chi connectivity index (χ2v) is 7.06. The highest BCUT2D eigenvalue weighted by Crippen LogP contribution is 2.25. The Hall–Kier alpha value is -3.42. The molecule has 7 nitrogen and oxygen atoms in total. The highest BCUT2D eigenvalue weighted by molar-refractivity contribution is 5.85. The third kappa shape index (κ3) is 4.84. The van der Waals surface area contributed by atoms with E-state index in [-0.39, 0.29) is 12.4 Å². The van der Waals surface area contributed by atoms with E-state index in [0.29, 0.717) is 5.95 Å². The molecule has 0 radical (unpaired) electrons. The number of anilines is 3. The number of nitrogens with zero attached hydrogens (tertiary/aromatic N) is 5. The number of rotatable bonds is 5. The predicted molar refractivity (Wildman–Crippen MR) is 125 cm³/mol. The van der Waals surface area contributed by atoms with Crippen LogP contribution in [0.2, 0.25) is 0 Å². The van der Waals surface area contributed by atoms with E-state index in [1.165, 1.54) is 5.69 Å². The van der Waals surface area contributed by atoms with Crippen LogP contribution in [0.25, 0.3) is 16.9 Å². The highest BCUT2D eigenvalue weighted by atomic mass is 35.5. The van der Waals surface area contributed by atoms with Crippen LogP contribution in [0.1, 0.15) is 0 Å². The number of morpholine rings is 1. The van der Waals surface area contributed by atoms with E-state index in [4.69, 9.17) is 9.72 Å². The predicted octanol–water partition coefficient (Wildman–Crippen LogP) is 4.33. The maximum Gasteiger partial charge on any atom is 0.227 e. The number of nitrogens with one attached hydrogen (secondary N) is 1. The topological polar surface area (TPSA) is 68.1 Å². The maximum atomic E-state index is 5.46. The average molecular weight is 435 g/mol. The number of ether oxygens (including phenoxy) is 1. The third-order valence-electron chi connectivity index (χ3n) is 5.10. The molecular weight excluding hydrogens is 412 g/mol. The summed E-state index contributed by atoms with van der Waals surface area (Å²) in [6.45, 7) is 3.36. The first-order valence-corrected chi connectivity index (χ1v) is 9.97. The molecule has 3 heterocycles. The van der Waals surface area contributed by atoms with Crippen molar-refractivity contribution in [3.63, 3.8) is 0 Å². The average Bonchev–Trinajstić information content (AvgIpc) is 3.36. The fourth-order valence-electron chi connectivity index (χ4n) is 3.52.